The average molecular weight is 228 g/mol. The zero-order valence-corrected chi connectivity index (χ0v) is 10.9. The molecule has 0 aromatic rings. The smallest absolute Gasteiger partial charge is 0.0138 e. The molecule has 5 saturated carbocycles. The van der Waals surface area contributed by atoms with Crippen LogP contribution >= 0.6 is 0 Å². The molecule has 4 bridgehead atoms. The van der Waals surface area contributed by atoms with E-state index < -0.39 is 0 Å². The van der Waals surface area contributed by atoms with Crippen molar-refractivity contribution >= 4 is 0 Å². The van der Waals surface area contributed by atoms with Gasteiger partial charge in [0, 0.05) is 0 Å². The molecule has 0 heterocycles. The Morgan fingerprint density at radius 2 is 1.24 bits per heavy atom. The molecule has 92 valence electrons. The molecule has 5 aliphatic carbocycles. The maximum atomic E-state index is 2.56. The second-order valence-corrected chi connectivity index (χ2v) is 7.66. The summed E-state index contributed by atoms with van der Waals surface area (Å²) in [5.41, 5.74) is 1.96. The molecule has 0 spiro atoms. The summed E-state index contributed by atoms with van der Waals surface area (Å²) in [7, 11) is 0. The third-order valence-electron chi connectivity index (χ3n) is 7.51. The molecule has 8 atom stereocenters. The van der Waals surface area contributed by atoms with Crippen LogP contribution in [0.2, 0.25) is 0 Å². The van der Waals surface area contributed by atoms with Crippen molar-refractivity contribution in [2.24, 2.45) is 47.3 Å². The molecule has 0 unspecified atom stereocenters. The molecule has 5 rings (SSSR count). The number of hydrogen-bond acceptors (Lipinski definition) is 0. The minimum absolute atomic E-state index is 1.07. The standard InChI is InChI=1S/C17H24/c1-2-13-14-9-3-5-11(7-9)16(14)17-12-6-4-10(8-12)15(13)17/h2,9-12,14-17H,3-8H2,1H3/t9-,10-,11+,12+,14-,15-,16-,17-/m0/s1. The number of rotatable bonds is 0. The van der Waals surface area contributed by atoms with E-state index in [1.54, 1.807) is 38.5 Å². The maximum Gasteiger partial charge on any atom is -0.0138 e. The zero-order valence-electron chi connectivity index (χ0n) is 10.9. The van der Waals surface area contributed by atoms with Gasteiger partial charge in [0.25, 0.3) is 0 Å². The first-order valence-corrected chi connectivity index (χ1v) is 8.04. The highest BCUT2D eigenvalue weighted by molar-refractivity contribution is 5.30. The van der Waals surface area contributed by atoms with E-state index in [1.165, 1.54) is 0 Å². The molecule has 0 radical (unpaired) electrons. The fourth-order valence-electron chi connectivity index (χ4n) is 7.38. The highest BCUT2D eigenvalue weighted by atomic mass is 14.7. The van der Waals surface area contributed by atoms with E-state index in [4.69, 9.17) is 0 Å². The average Bonchev–Trinajstić information content (AvgIpc) is 3.11. The van der Waals surface area contributed by atoms with Crippen LogP contribution in [0.1, 0.15) is 45.4 Å². The Hall–Kier alpha value is -0.260. The van der Waals surface area contributed by atoms with Gasteiger partial charge in [0.1, 0.15) is 0 Å². The third kappa shape index (κ3) is 0.956. The Bertz CT molecular complexity index is 359. The van der Waals surface area contributed by atoms with Gasteiger partial charge < -0.3 is 0 Å². The van der Waals surface area contributed by atoms with Crippen molar-refractivity contribution in [2.45, 2.75) is 45.4 Å². The highest BCUT2D eigenvalue weighted by Gasteiger charge is 2.65. The fourth-order valence-corrected chi connectivity index (χ4v) is 7.38. The molecule has 0 saturated heterocycles. The van der Waals surface area contributed by atoms with E-state index in [0.29, 0.717) is 0 Å². The molecule has 0 aromatic heterocycles. The van der Waals surface area contributed by atoms with Crippen LogP contribution in [0.25, 0.3) is 0 Å². The summed E-state index contributed by atoms with van der Waals surface area (Å²) in [4.78, 5) is 0. The van der Waals surface area contributed by atoms with E-state index in [0.717, 1.165) is 47.3 Å². The van der Waals surface area contributed by atoms with Gasteiger partial charge in [0.05, 0.1) is 0 Å². The Kier molecular flexibility index (Phi) is 1.70. The Morgan fingerprint density at radius 3 is 1.71 bits per heavy atom. The first-order chi connectivity index (χ1) is 8.38. The van der Waals surface area contributed by atoms with Crippen LogP contribution in [0.15, 0.2) is 11.6 Å². The Labute approximate surface area is 105 Å². The molecule has 0 heteroatoms. The van der Waals surface area contributed by atoms with E-state index >= 15 is 0 Å². The first-order valence-electron chi connectivity index (χ1n) is 8.04. The van der Waals surface area contributed by atoms with E-state index in [2.05, 4.69) is 13.0 Å². The van der Waals surface area contributed by atoms with Gasteiger partial charge in [-0.05, 0) is 92.8 Å². The molecule has 0 aliphatic heterocycles. The van der Waals surface area contributed by atoms with Crippen LogP contribution in [0.3, 0.4) is 0 Å². The van der Waals surface area contributed by atoms with Crippen molar-refractivity contribution in [1.29, 1.82) is 0 Å². The predicted octanol–water partition coefficient (Wildman–Crippen LogP) is 4.27. The van der Waals surface area contributed by atoms with Crippen molar-refractivity contribution in [3.8, 4) is 0 Å². The molecular formula is C17H24. The van der Waals surface area contributed by atoms with Crippen molar-refractivity contribution in [1.82, 2.24) is 0 Å². The van der Waals surface area contributed by atoms with Crippen molar-refractivity contribution in [3.05, 3.63) is 11.6 Å². The van der Waals surface area contributed by atoms with Crippen LogP contribution in [0.4, 0.5) is 0 Å². The van der Waals surface area contributed by atoms with Crippen LogP contribution in [-0.2, 0) is 0 Å². The Morgan fingerprint density at radius 1 is 0.765 bits per heavy atom. The topological polar surface area (TPSA) is 0 Å². The van der Waals surface area contributed by atoms with Crippen LogP contribution in [0.5, 0.6) is 0 Å². The minimum atomic E-state index is 1.07. The van der Waals surface area contributed by atoms with Gasteiger partial charge >= 0.3 is 0 Å². The summed E-state index contributed by atoms with van der Waals surface area (Å²) in [6.45, 7) is 2.34. The normalized spacial score (nSPS) is 62.1. The van der Waals surface area contributed by atoms with Gasteiger partial charge in [-0.3, -0.25) is 0 Å². The number of allylic oxidation sites excluding steroid dienone is 2. The molecule has 0 amide bonds. The predicted molar refractivity (Wildman–Crippen MR) is 69.4 cm³/mol. The summed E-state index contributed by atoms with van der Waals surface area (Å²) in [6, 6.07) is 0. The molecule has 5 aliphatic rings. The SMILES string of the molecule is CC=C1[C@@H]2[C@H]3CC[C@H](C3)[C@@H]2[C@H]2[C@@H]3CC[C@@H](C3)[C@@H]12. The Balaban J connectivity index is 1.64. The minimum Gasteiger partial charge on any atom is -0.0879 e. The lowest BCUT2D eigenvalue weighted by Gasteiger charge is -2.32. The molecule has 0 nitrogen and oxygen atoms in total. The largest absolute Gasteiger partial charge is 0.0879 e. The molecule has 0 N–H and O–H groups in total. The molecule has 5 fully saturated rings. The van der Waals surface area contributed by atoms with Gasteiger partial charge in [-0.2, -0.15) is 0 Å². The van der Waals surface area contributed by atoms with Crippen molar-refractivity contribution in [3.63, 3.8) is 0 Å². The lowest BCUT2D eigenvalue weighted by atomic mass is 9.72. The lowest BCUT2D eigenvalue weighted by molar-refractivity contribution is 0.153. The fraction of sp³-hybridized carbons (Fsp3) is 0.882. The van der Waals surface area contributed by atoms with Gasteiger partial charge in [0.15, 0.2) is 0 Å². The second-order valence-electron chi connectivity index (χ2n) is 7.66. The summed E-state index contributed by atoms with van der Waals surface area (Å²) < 4.78 is 0. The highest BCUT2D eigenvalue weighted by Crippen LogP contribution is 2.72. The maximum absolute atomic E-state index is 2.56. The third-order valence-corrected chi connectivity index (χ3v) is 7.51. The van der Waals surface area contributed by atoms with Crippen molar-refractivity contribution < 1.29 is 0 Å². The van der Waals surface area contributed by atoms with E-state index in [-0.39, 0.29) is 0 Å². The molecular weight excluding hydrogens is 204 g/mol. The summed E-state index contributed by atoms with van der Waals surface area (Å²) in [6.07, 6.45) is 12.1. The summed E-state index contributed by atoms with van der Waals surface area (Å²) >= 11 is 0. The summed E-state index contributed by atoms with van der Waals surface area (Å²) in [5, 5.41) is 0. The summed E-state index contributed by atoms with van der Waals surface area (Å²) in [5.74, 6) is 8.96. The first kappa shape index (κ1) is 9.64. The monoisotopic (exact) mass is 228 g/mol. The van der Waals surface area contributed by atoms with Crippen LogP contribution in [-0.4, -0.2) is 0 Å². The van der Waals surface area contributed by atoms with Gasteiger partial charge in [0.2, 0.25) is 0 Å². The van der Waals surface area contributed by atoms with Gasteiger partial charge in [-0.25, -0.2) is 0 Å². The van der Waals surface area contributed by atoms with E-state index in [1.807, 2.05) is 5.57 Å². The van der Waals surface area contributed by atoms with Gasteiger partial charge in [-0.1, -0.05) is 11.6 Å². The van der Waals surface area contributed by atoms with E-state index in [9.17, 15) is 0 Å². The zero-order chi connectivity index (χ0) is 11.1. The second kappa shape index (κ2) is 3.00. The lowest BCUT2D eigenvalue weighted by Crippen LogP contribution is -2.27. The number of hydrogen-bond donors (Lipinski definition) is 0. The van der Waals surface area contributed by atoms with Crippen LogP contribution < -0.4 is 0 Å². The molecule has 0 aromatic carbocycles. The van der Waals surface area contributed by atoms with Crippen molar-refractivity contribution in [2.75, 3.05) is 0 Å². The van der Waals surface area contributed by atoms with Gasteiger partial charge in [-0.15, -0.1) is 0 Å². The van der Waals surface area contributed by atoms with Crippen LogP contribution in [0, 0.1) is 47.3 Å². The quantitative estimate of drug-likeness (QED) is 0.543. The number of fused-ring (bicyclic) bond motifs is 11. The molecule has 17 heavy (non-hydrogen) atoms.